The van der Waals surface area contributed by atoms with Crippen LogP contribution in [0, 0.1) is 11.8 Å². The normalized spacial score (nSPS) is 15.9. The number of urea groups is 1. The van der Waals surface area contributed by atoms with Gasteiger partial charge in [0.1, 0.15) is 5.69 Å². The van der Waals surface area contributed by atoms with E-state index in [1.54, 1.807) is 23.5 Å². The maximum atomic E-state index is 11.9. The number of nitrogens with one attached hydrogen (secondary N) is 1. The molecule has 0 unspecified atom stereocenters. The molecular weight excluding hydrogens is 276 g/mol. The van der Waals surface area contributed by atoms with E-state index in [4.69, 9.17) is 0 Å². The molecule has 0 radical (unpaired) electrons. The van der Waals surface area contributed by atoms with Crippen LogP contribution >= 0.6 is 0 Å². The van der Waals surface area contributed by atoms with Gasteiger partial charge in [-0.3, -0.25) is 9.88 Å². The second kappa shape index (κ2) is 5.49. The van der Waals surface area contributed by atoms with Gasteiger partial charge in [0.25, 0.3) is 0 Å². The Bertz CT molecular complexity index is 742. The summed E-state index contributed by atoms with van der Waals surface area (Å²) < 4.78 is 0. The molecule has 2 amide bonds. The molecular formula is C17H16N4O. The molecule has 2 aromatic heterocycles. The number of hydrogen-bond acceptors (Lipinski definition) is 3. The molecule has 0 aromatic carbocycles. The molecule has 110 valence electrons. The van der Waals surface area contributed by atoms with Crippen molar-refractivity contribution in [3.05, 3.63) is 54.1 Å². The standard InChI is InChI=1S/C17H16N4O/c1-17(2)12-20-16(22)21(17)15-8-7-14(19-11-15)6-5-13-4-3-9-18-10-13/h3-4,7-11H,12H2,1-2H3,(H,20,22). The third kappa shape index (κ3) is 2.77. The van der Waals surface area contributed by atoms with Gasteiger partial charge in [-0.2, -0.15) is 0 Å². The molecule has 3 rings (SSSR count). The van der Waals surface area contributed by atoms with Gasteiger partial charge >= 0.3 is 6.03 Å². The zero-order chi connectivity index (χ0) is 15.6. The molecule has 1 N–H and O–H groups in total. The first-order chi connectivity index (χ1) is 10.6. The fraction of sp³-hybridized carbons (Fsp3) is 0.235. The number of hydrogen-bond donors (Lipinski definition) is 1. The van der Waals surface area contributed by atoms with Crippen LogP contribution in [0.4, 0.5) is 10.5 Å². The summed E-state index contributed by atoms with van der Waals surface area (Å²) in [6, 6.07) is 7.33. The van der Waals surface area contributed by atoms with Crippen molar-refractivity contribution in [2.24, 2.45) is 0 Å². The molecule has 1 aliphatic heterocycles. The lowest BCUT2D eigenvalue weighted by molar-refractivity contribution is 0.251. The van der Waals surface area contributed by atoms with Crippen molar-refractivity contribution in [3.8, 4) is 11.8 Å². The van der Waals surface area contributed by atoms with Crippen LogP contribution in [0.2, 0.25) is 0 Å². The van der Waals surface area contributed by atoms with Gasteiger partial charge in [0, 0.05) is 24.5 Å². The average molecular weight is 292 g/mol. The summed E-state index contributed by atoms with van der Waals surface area (Å²) in [6.45, 7) is 4.65. The maximum absolute atomic E-state index is 11.9. The summed E-state index contributed by atoms with van der Waals surface area (Å²) in [5.41, 5.74) is 2.01. The number of carbonyl (C=O) groups excluding carboxylic acids is 1. The van der Waals surface area contributed by atoms with Crippen LogP contribution < -0.4 is 10.2 Å². The van der Waals surface area contributed by atoms with E-state index >= 15 is 0 Å². The molecule has 3 heterocycles. The third-order valence-electron chi connectivity index (χ3n) is 3.48. The summed E-state index contributed by atoms with van der Waals surface area (Å²) >= 11 is 0. The molecule has 2 aromatic rings. The summed E-state index contributed by atoms with van der Waals surface area (Å²) in [6.07, 6.45) is 5.10. The fourth-order valence-corrected chi connectivity index (χ4v) is 2.36. The number of anilines is 1. The number of amides is 2. The Morgan fingerprint density at radius 3 is 2.68 bits per heavy atom. The molecule has 0 spiro atoms. The Kier molecular flexibility index (Phi) is 3.51. The summed E-state index contributed by atoms with van der Waals surface area (Å²) in [5.74, 6) is 6.00. The van der Waals surface area contributed by atoms with Crippen molar-refractivity contribution in [3.63, 3.8) is 0 Å². The molecule has 5 heteroatoms. The molecule has 0 bridgehead atoms. The average Bonchev–Trinajstić information content (AvgIpc) is 2.80. The Balaban J connectivity index is 1.82. The van der Waals surface area contributed by atoms with Gasteiger partial charge in [0.05, 0.1) is 17.4 Å². The van der Waals surface area contributed by atoms with E-state index in [0.717, 1.165) is 11.3 Å². The van der Waals surface area contributed by atoms with Gasteiger partial charge < -0.3 is 5.32 Å². The van der Waals surface area contributed by atoms with Crippen molar-refractivity contribution in [2.75, 3.05) is 11.4 Å². The van der Waals surface area contributed by atoms with Crippen LogP contribution in [0.1, 0.15) is 25.1 Å². The SMILES string of the molecule is CC1(C)CNC(=O)N1c1ccc(C#Cc2cccnc2)nc1. The quantitative estimate of drug-likeness (QED) is 0.820. The van der Waals surface area contributed by atoms with Crippen LogP contribution in [0.25, 0.3) is 0 Å². The molecule has 1 fully saturated rings. The number of aromatic nitrogens is 2. The Labute approximate surface area is 129 Å². The Hall–Kier alpha value is -2.87. The first-order valence-electron chi connectivity index (χ1n) is 7.02. The lowest BCUT2D eigenvalue weighted by Crippen LogP contribution is -2.42. The maximum Gasteiger partial charge on any atom is 0.322 e. The van der Waals surface area contributed by atoms with Crippen molar-refractivity contribution >= 4 is 11.7 Å². The highest BCUT2D eigenvalue weighted by atomic mass is 16.2. The van der Waals surface area contributed by atoms with Gasteiger partial charge in [-0.25, -0.2) is 9.78 Å². The highest BCUT2D eigenvalue weighted by Crippen LogP contribution is 2.26. The van der Waals surface area contributed by atoms with Crippen molar-refractivity contribution in [2.45, 2.75) is 19.4 Å². The molecule has 0 saturated carbocycles. The lowest BCUT2D eigenvalue weighted by Gasteiger charge is -2.29. The number of rotatable bonds is 1. The van der Waals surface area contributed by atoms with Crippen molar-refractivity contribution in [1.29, 1.82) is 0 Å². The molecule has 22 heavy (non-hydrogen) atoms. The second-order valence-electron chi connectivity index (χ2n) is 5.70. The van der Waals surface area contributed by atoms with Crippen LogP contribution in [0.15, 0.2) is 42.9 Å². The van der Waals surface area contributed by atoms with Gasteiger partial charge in [0.15, 0.2) is 0 Å². The van der Waals surface area contributed by atoms with Gasteiger partial charge in [-0.05, 0) is 44.0 Å². The minimum absolute atomic E-state index is 0.0963. The third-order valence-corrected chi connectivity index (χ3v) is 3.48. The Morgan fingerprint density at radius 1 is 1.23 bits per heavy atom. The van der Waals surface area contributed by atoms with Crippen LogP contribution in [-0.4, -0.2) is 28.1 Å². The minimum atomic E-state index is -0.262. The largest absolute Gasteiger partial charge is 0.335 e. The van der Waals surface area contributed by atoms with E-state index in [1.165, 1.54) is 0 Å². The highest BCUT2D eigenvalue weighted by Gasteiger charge is 2.38. The highest BCUT2D eigenvalue weighted by molar-refractivity contribution is 5.95. The zero-order valence-corrected chi connectivity index (χ0v) is 12.5. The van der Waals surface area contributed by atoms with Gasteiger partial charge in [-0.15, -0.1) is 0 Å². The molecule has 0 aliphatic carbocycles. The first-order valence-corrected chi connectivity index (χ1v) is 7.02. The Morgan fingerprint density at radius 2 is 2.09 bits per heavy atom. The van der Waals surface area contributed by atoms with Crippen molar-refractivity contribution in [1.82, 2.24) is 15.3 Å². The van der Waals surface area contributed by atoms with Crippen LogP contribution in [-0.2, 0) is 0 Å². The zero-order valence-electron chi connectivity index (χ0n) is 12.5. The lowest BCUT2D eigenvalue weighted by atomic mass is 10.1. The van der Waals surface area contributed by atoms with Gasteiger partial charge in [-0.1, -0.05) is 5.92 Å². The monoisotopic (exact) mass is 292 g/mol. The predicted molar refractivity (Wildman–Crippen MR) is 84.4 cm³/mol. The smallest absolute Gasteiger partial charge is 0.322 e. The van der Waals surface area contributed by atoms with Gasteiger partial charge in [0.2, 0.25) is 0 Å². The summed E-state index contributed by atoms with van der Waals surface area (Å²) in [5, 5.41) is 2.84. The number of nitrogens with zero attached hydrogens (tertiary/aromatic N) is 3. The molecule has 5 nitrogen and oxygen atoms in total. The predicted octanol–water partition coefficient (Wildman–Crippen LogP) is 2.18. The topological polar surface area (TPSA) is 58.1 Å². The molecule has 0 atom stereocenters. The molecule has 1 aliphatic rings. The fourth-order valence-electron chi connectivity index (χ4n) is 2.36. The summed E-state index contributed by atoms with van der Waals surface area (Å²) in [4.78, 5) is 22.0. The molecule has 1 saturated heterocycles. The van der Waals surface area contributed by atoms with E-state index in [-0.39, 0.29) is 11.6 Å². The van der Waals surface area contributed by atoms with Crippen molar-refractivity contribution < 1.29 is 4.79 Å². The van der Waals surface area contributed by atoms with E-state index in [0.29, 0.717) is 12.2 Å². The first kappa shape index (κ1) is 14.1. The second-order valence-corrected chi connectivity index (χ2v) is 5.70. The van der Waals surface area contributed by atoms with E-state index in [2.05, 4.69) is 27.1 Å². The van der Waals surface area contributed by atoms with E-state index in [9.17, 15) is 4.79 Å². The van der Waals surface area contributed by atoms with E-state index in [1.807, 2.05) is 38.1 Å². The number of carbonyl (C=O) groups is 1. The van der Waals surface area contributed by atoms with Crippen LogP contribution in [0.5, 0.6) is 0 Å². The van der Waals surface area contributed by atoms with E-state index < -0.39 is 0 Å². The number of pyridine rings is 2. The summed E-state index contributed by atoms with van der Waals surface area (Å²) in [7, 11) is 0. The minimum Gasteiger partial charge on any atom is -0.335 e. The van der Waals surface area contributed by atoms with Crippen LogP contribution in [0.3, 0.4) is 0 Å².